The fourth-order valence-corrected chi connectivity index (χ4v) is 2.02. The van der Waals surface area contributed by atoms with Crippen LogP contribution in [-0.2, 0) is 11.3 Å². The van der Waals surface area contributed by atoms with Gasteiger partial charge in [-0.15, -0.1) is 0 Å². The fraction of sp³-hybridized carbons (Fsp3) is 0.538. The van der Waals surface area contributed by atoms with Gasteiger partial charge in [0.1, 0.15) is 5.60 Å². The van der Waals surface area contributed by atoms with E-state index in [4.69, 9.17) is 4.74 Å². The molecule has 2 N–H and O–H groups in total. The topological polar surface area (TPSA) is 41.5 Å². The minimum Gasteiger partial charge on any atom is -0.386 e. The smallest absolute Gasteiger partial charge is 0.105 e. The molecular weight excluding hydrogens is 202 g/mol. The summed E-state index contributed by atoms with van der Waals surface area (Å²) in [7, 11) is 0. The van der Waals surface area contributed by atoms with Crippen LogP contribution in [0.5, 0.6) is 0 Å². The molecule has 0 spiro atoms. The van der Waals surface area contributed by atoms with Gasteiger partial charge in [0.05, 0.1) is 6.10 Å². The number of ether oxygens (including phenoxy) is 1. The average molecular weight is 221 g/mol. The van der Waals surface area contributed by atoms with E-state index in [1.165, 1.54) is 5.56 Å². The Kier molecular flexibility index (Phi) is 3.59. The van der Waals surface area contributed by atoms with Gasteiger partial charge >= 0.3 is 0 Å². The molecule has 1 aromatic carbocycles. The summed E-state index contributed by atoms with van der Waals surface area (Å²) in [4.78, 5) is 0. The predicted molar refractivity (Wildman–Crippen MR) is 63.1 cm³/mol. The van der Waals surface area contributed by atoms with Gasteiger partial charge in [-0.05, 0) is 12.5 Å². The monoisotopic (exact) mass is 221 g/mol. The van der Waals surface area contributed by atoms with Gasteiger partial charge in [-0.1, -0.05) is 30.3 Å². The van der Waals surface area contributed by atoms with Gasteiger partial charge in [0.15, 0.2) is 0 Å². The summed E-state index contributed by atoms with van der Waals surface area (Å²) in [6, 6.07) is 10.2. The van der Waals surface area contributed by atoms with Crippen LogP contribution in [0.4, 0.5) is 0 Å². The minimum absolute atomic E-state index is 0.0734. The summed E-state index contributed by atoms with van der Waals surface area (Å²) in [6.07, 6.45) is 0.645. The molecule has 88 valence electrons. The third kappa shape index (κ3) is 2.61. The lowest BCUT2D eigenvalue weighted by molar-refractivity contribution is -0.0262. The van der Waals surface area contributed by atoms with E-state index < -0.39 is 5.60 Å². The average Bonchev–Trinajstić information content (AvgIpc) is 2.61. The Morgan fingerprint density at radius 1 is 1.44 bits per heavy atom. The molecule has 0 aromatic heterocycles. The zero-order chi connectivity index (χ0) is 11.4. The van der Waals surface area contributed by atoms with Crippen molar-refractivity contribution in [1.29, 1.82) is 0 Å². The highest BCUT2D eigenvalue weighted by Crippen LogP contribution is 2.24. The summed E-state index contributed by atoms with van der Waals surface area (Å²) < 4.78 is 5.38. The van der Waals surface area contributed by atoms with Gasteiger partial charge in [-0.25, -0.2) is 0 Å². The van der Waals surface area contributed by atoms with E-state index in [9.17, 15) is 5.11 Å². The fourth-order valence-electron chi connectivity index (χ4n) is 2.02. The van der Waals surface area contributed by atoms with E-state index in [-0.39, 0.29) is 6.10 Å². The van der Waals surface area contributed by atoms with Gasteiger partial charge in [0.2, 0.25) is 0 Å². The Bertz CT molecular complexity index is 328. The number of benzene rings is 1. The Balaban J connectivity index is 1.80. The molecule has 1 fully saturated rings. The molecule has 1 aliphatic heterocycles. The van der Waals surface area contributed by atoms with Gasteiger partial charge in [0.25, 0.3) is 0 Å². The van der Waals surface area contributed by atoms with Gasteiger partial charge < -0.3 is 15.2 Å². The maximum absolute atomic E-state index is 10.3. The van der Waals surface area contributed by atoms with Crippen LogP contribution in [0.25, 0.3) is 0 Å². The molecule has 2 rings (SSSR count). The lowest BCUT2D eigenvalue weighted by Crippen LogP contribution is -2.45. The Labute approximate surface area is 96.4 Å². The molecule has 1 heterocycles. The Morgan fingerprint density at radius 2 is 2.19 bits per heavy atom. The van der Waals surface area contributed by atoms with Gasteiger partial charge in [-0.2, -0.15) is 0 Å². The number of aliphatic hydroxyl groups is 1. The first-order valence-corrected chi connectivity index (χ1v) is 5.79. The van der Waals surface area contributed by atoms with Crippen molar-refractivity contribution in [1.82, 2.24) is 5.32 Å². The molecule has 0 aliphatic carbocycles. The third-order valence-electron chi connectivity index (χ3n) is 3.26. The summed E-state index contributed by atoms with van der Waals surface area (Å²) in [6.45, 7) is 3.96. The second-order valence-electron chi connectivity index (χ2n) is 4.46. The molecule has 0 unspecified atom stereocenters. The number of rotatable bonds is 4. The van der Waals surface area contributed by atoms with E-state index in [0.717, 1.165) is 13.0 Å². The SMILES string of the molecule is C[C@@H]1OCC[C@@]1(O)CNCc1ccccc1. The summed E-state index contributed by atoms with van der Waals surface area (Å²) >= 11 is 0. The molecule has 0 saturated carbocycles. The summed E-state index contributed by atoms with van der Waals surface area (Å²) in [5.41, 5.74) is 0.534. The first-order chi connectivity index (χ1) is 7.71. The molecule has 1 aliphatic rings. The van der Waals surface area contributed by atoms with Crippen molar-refractivity contribution in [2.45, 2.75) is 31.6 Å². The maximum atomic E-state index is 10.3. The normalized spacial score (nSPS) is 29.5. The highest BCUT2D eigenvalue weighted by atomic mass is 16.5. The maximum Gasteiger partial charge on any atom is 0.105 e. The first-order valence-electron chi connectivity index (χ1n) is 5.79. The van der Waals surface area contributed by atoms with Crippen molar-refractivity contribution in [3.05, 3.63) is 35.9 Å². The van der Waals surface area contributed by atoms with Crippen LogP contribution in [0.2, 0.25) is 0 Å². The van der Waals surface area contributed by atoms with Crippen molar-refractivity contribution < 1.29 is 9.84 Å². The quantitative estimate of drug-likeness (QED) is 0.805. The van der Waals surface area contributed by atoms with Crippen molar-refractivity contribution in [3.63, 3.8) is 0 Å². The Morgan fingerprint density at radius 3 is 2.81 bits per heavy atom. The molecule has 1 aromatic rings. The van der Waals surface area contributed by atoms with E-state index in [0.29, 0.717) is 13.2 Å². The largest absolute Gasteiger partial charge is 0.386 e. The van der Waals surface area contributed by atoms with Crippen molar-refractivity contribution in [2.75, 3.05) is 13.2 Å². The molecule has 1 saturated heterocycles. The predicted octanol–water partition coefficient (Wildman–Crippen LogP) is 1.32. The van der Waals surface area contributed by atoms with Crippen LogP contribution >= 0.6 is 0 Å². The van der Waals surface area contributed by atoms with E-state index >= 15 is 0 Å². The molecule has 3 heteroatoms. The van der Waals surface area contributed by atoms with Crippen molar-refractivity contribution in [3.8, 4) is 0 Å². The van der Waals surface area contributed by atoms with Crippen LogP contribution in [0.3, 0.4) is 0 Å². The third-order valence-corrected chi connectivity index (χ3v) is 3.26. The summed E-state index contributed by atoms with van der Waals surface area (Å²) in [5, 5.41) is 13.5. The number of nitrogens with one attached hydrogen (secondary N) is 1. The zero-order valence-corrected chi connectivity index (χ0v) is 9.65. The highest BCUT2D eigenvalue weighted by molar-refractivity contribution is 5.14. The number of hydrogen-bond donors (Lipinski definition) is 2. The molecule has 2 atom stereocenters. The van der Waals surface area contributed by atoms with E-state index in [1.807, 2.05) is 25.1 Å². The Hall–Kier alpha value is -0.900. The second kappa shape index (κ2) is 4.95. The van der Waals surface area contributed by atoms with Crippen LogP contribution in [-0.4, -0.2) is 30.0 Å². The van der Waals surface area contributed by atoms with Crippen molar-refractivity contribution >= 4 is 0 Å². The number of hydrogen-bond acceptors (Lipinski definition) is 3. The second-order valence-corrected chi connectivity index (χ2v) is 4.46. The van der Waals surface area contributed by atoms with Crippen LogP contribution in [0.15, 0.2) is 30.3 Å². The first kappa shape index (κ1) is 11.6. The van der Waals surface area contributed by atoms with Crippen molar-refractivity contribution in [2.24, 2.45) is 0 Å². The molecule has 16 heavy (non-hydrogen) atoms. The standard InChI is InChI=1S/C13H19NO2/c1-11-13(15,7-8-16-11)10-14-9-12-5-3-2-4-6-12/h2-6,11,14-15H,7-10H2,1H3/t11-,13+/m0/s1. The van der Waals surface area contributed by atoms with Crippen LogP contribution < -0.4 is 5.32 Å². The van der Waals surface area contributed by atoms with Crippen LogP contribution in [0, 0.1) is 0 Å². The molecular formula is C13H19NO2. The summed E-state index contributed by atoms with van der Waals surface area (Å²) in [5.74, 6) is 0. The highest BCUT2D eigenvalue weighted by Gasteiger charge is 2.38. The van der Waals surface area contributed by atoms with E-state index in [2.05, 4.69) is 17.4 Å². The minimum atomic E-state index is -0.700. The lowest BCUT2D eigenvalue weighted by Gasteiger charge is -2.26. The lowest BCUT2D eigenvalue weighted by atomic mass is 9.96. The van der Waals surface area contributed by atoms with Gasteiger partial charge in [-0.3, -0.25) is 0 Å². The van der Waals surface area contributed by atoms with E-state index in [1.54, 1.807) is 0 Å². The van der Waals surface area contributed by atoms with Gasteiger partial charge in [0, 0.05) is 26.1 Å². The molecule has 0 bridgehead atoms. The molecule has 0 amide bonds. The van der Waals surface area contributed by atoms with Crippen LogP contribution in [0.1, 0.15) is 18.9 Å². The molecule has 0 radical (unpaired) electrons. The molecule has 3 nitrogen and oxygen atoms in total. The zero-order valence-electron chi connectivity index (χ0n) is 9.65.